The molecule has 2 aromatic heterocycles. The minimum absolute atomic E-state index is 0.785. The maximum Gasteiger partial charge on any atom is 0.157 e. The van der Waals surface area contributed by atoms with E-state index in [9.17, 15) is 0 Å². The largest absolute Gasteiger partial charge is 0.378 e. The Hall–Kier alpha value is -1.92. The van der Waals surface area contributed by atoms with Gasteiger partial charge in [0.1, 0.15) is 11.3 Å². The lowest BCUT2D eigenvalue weighted by molar-refractivity contribution is 0.122. The van der Waals surface area contributed by atoms with Crippen LogP contribution >= 0.6 is 15.9 Å². The Morgan fingerprint density at radius 2 is 2.05 bits per heavy atom. The van der Waals surface area contributed by atoms with E-state index < -0.39 is 0 Å². The zero-order valence-electron chi connectivity index (χ0n) is 11.9. The van der Waals surface area contributed by atoms with E-state index in [1.807, 2.05) is 6.07 Å². The van der Waals surface area contributed by atoms with Gasteiger partial charge in [-0.3, -0.25) is 0 Å². The van der Waals surface area contributed by atoms with E-state index in [-0.39, 0.29) is 0 Å². The van der Waals surface area contributed by atoms with Crippen molar-refractivity contribution in [1.82, 2.24) is 15.0 Å². The molecule has 1 aliphatic rings. The Kier molecular flexibility index (Phi) is 3.56. The number of hydrogen-bond acceptors (Lipinski definition) is 4. The third-order valence-corrected chi connectivity index (χ3v) is 4.23. The Balaban J connectivity index is 1.71. The second-order valence-corrected chi connectivity index (χ2v) is 6.17. The first-order valence-electron chi connectivity index (χ1n) is 7.24. The smallest absolute Gasteiger partial charge is 0.157 e. The van der Waals surface area contributed by atoms with Gasteiger partial charge in [-0.25, -0.2) is 9.97 Å². The fourth-order valence-electron chi connectivity index (χ4n) is 2.68. The van der Waals surface area contributed by atoms with Crippen LogP contribution in [0.15, 0.2) is 41.0 Å². The van der Waals surface area contributed by atoms with Gasteiger partial charge in [-0.2, -0.15) is 0 Å². The molecule has 1 N–H and O–H groups in total. The summed E-state index contributed by atoms with van der Waals surface area (Å²) >= 11 is 3.43. The van der Waals surface area contributed by atoms with Crippen LogP contribution in [0, 0.1) is 0 Å². The van der Waals surface area contributed by atoms with Crippen LogP contribution in [0.4, 0.5) is 5.69 Å². The number of rotatable bonds is 2. The van der Waals surface area contributed by atoms with Crippen molar-refractivity contribution in [3.63, 3.8) is 0 Å². The van der Waals surface area contributed by atoms with E-state index in [0.717, 1.165) is 53.3 Å². The van der Waals surface area contributed by atoms with Crippen molar-refractivity contribution in [3.8, 4) is 11.4 Å². The number of pyridine rings is 1. The summed E-state index contributed by atoms with van der Waals surface area (Å²) in [5, 5.41) is 0. The molecule has 1 aromatic carbocycles. The number of imidazole rings is 1. The van der Waals surface area contributed by atoms with Gasteiger partial charge in [-0.15, -0.1) is 0 Å². The number of anilines is 1. The van der Waals surface area contributed by atoms with Crippen molar-refractivity contribution < 1.29 is 4.74 Å². The van der Waals surface area contributed by atoms with Gasteiger partial charge in [0.05, 0.1) is 13.2 Å². The lowest BCUT2D eigenvalue weighted by Gasteiger charge is -2.29. The van der Waals surface area contributed by atoms with Crippen molar-refractivity contribution in [2.75, 3.05) is 31.2 Å². The average Bonchev–Trinajstić information content (AvgIpc) is 2.99. The monoisotopic (exact) mass is 358 g/mol. The van der Waals surface area contributed by atoms with E-state index in [4.69, 9.17) is 4.74 Å². The SMILES string of the molecule is Brc1cnc2[nH]c(-c3cccc(N4CCOCC4)c3)nc2c1. The quantitative estimate of drug-likeness (QED) is 0.763. The highest BCUT2D eigenvalue weighted by atomic mass is 79.9. The standard InChI is InChI=1S/C16H15BrN4O/c17-12-9-14-16(18-10-12)20-15(19-14)11-2-1-3-13(8-11)21-4-6-22-7-5-21/h1-3,8-10H,4-7H2,(H,18,19,20). The predicted molar refractivity (Wildman–Crippen MR) is 90.1 cm³/mol. The van der Waals surface area contributed by atoms with Crippen LogP contribution in [0.2, 0.25) is 0 Å². The van der Waals surface area contributed by atoms with Crippen LogP contribution in [-0.4, -0.2) is 41.3 Å². The molecule has 0 radical (unpaired) electrons. The van der Waals surface area contributed by atoms with Gasteiger partial charge in [-0.1, -0.05) is 12.1 Å². The number of nitrogens with zero attached hydrogens (tertiary/aromatic N) is 3. The number of ether oxygens (including phenoxy) is 1. The molecule has 4 rings (SSSR count). The number of halogens is 1. The molecule has 1 saturated heterocycles. The van der Waals surface area contributed by atoms with Crippen LogP contribution in [0.3, 0.4) is 0 Å². The number of H-pyrrole nitrogens is 1. The Bertz CT molecular complexity index is 811. The van der Waals surface area contributed by atoms with E-state index >= 15 is 0 Å². The van der Waals surface area contributed by atoms with Gasteiger partial charge in [0.15, 0.2) is 5.65 Å². The van der Waals surface area contributed by atoms with Gasteiger partial charge in [0.25, 0.3) is 0 Å². The molecule has 3 heterocycles. The van der Waals surface area contributed by atoms with Crippen LogP contribution < -0.4 is 4.90 Å². The fraction of sp³-hybridized carbons (Fsp3) is 0.250. The maximum absolute atomic E-state index is 5.41. The summed E-state index contributed by atoms with van der Waals surface area (Å²) in [6, 6.07) is 10.4. The van der Waals surface area contributed by atoms with Gasteiger partial charge in [-0.05, 0) is 34.1 Å². The summed E-state index contributed by atoms with van der Waals surface area (Å²) in [4.78, 5) is 14.6. The number of hydrogen-bond donors (Lipinski definition) is 1. The summed E-state index contributed by atoms with van der Waals surface area (Å²) in [7, 11) is 0. The minimum atomic E-state index is 0.785. The molecule has 0 aliphatic carbocycles. The fourth-order valence-corrected chi connectivity index (χ4v) is 3.00. The molecule has 1 fully saturated rings. The normalized spacial score (nSPS) is 15.4. The second kappa shape index (κ2) is 5.70. The van der Waals surface area contributed by atoms with Crippen molar-refractivity contribution in [3.05, 3.63) is 41.0 Å². The van der Waals surface area contributed by atoms with E-state index in [1.165, 1.54) is 5.69 Å². The number of aromatic amines is 1. The zero-order chi connectivity index (χ0) is 14.9. The molecule has 22 heavy (non-hydrogen) atoms. The van der Waals surface area contributed by atoms with Crippen molar-refractivity contribution >= 4 is 32.8 Å². The summed E-state index contributed by atoms with van der Waals surface area (Å²) in [6.45, 7) is 3.43. The highest BCUT2D eigenvalue weighted by Gasteiger charge is 2.13. The third-order valence-electron chi connectivity index (χ3n) is 3.80. The van der Waals surface area contributed by atoms with Crippen molar-refractivity contribution in [2.24, 2.45) is 0 Å². The minimum Gasteiger partial charge on any atom is -0.378 e. The molecular formula is C16H15BrN4O. The lowest BCUT2D eigenvalue weighted by Crippen LogP contribution is -2.36. The van der Waals surface area contributed by atoms with Crippen LogP contribution in [0.5, 0.6) is 0 Å². The van der Waals surface area contributed by atoms with Crippen LogP contribution in [-0.2, 0) is 4.74 Å². The average molecular weight is 359 g/mol. The first kappa shape index (κ1) is 13.7. The Morgan fingerprint density at radius 1 is 1.18 bits per heavy atom. The molecule has 1 aliphatic heterocycles. The molecule has 0 bridgehead atoms. The van der Waals surface area contributed by atoms with Crippen molar-refractivity contribution in [2.45, 2.75) is 0 Å². The first-order valence-corrected chi connectivity index (χ1v) is 8.03. The number of fused-ring (bicyclic) bond motifs is 1. The van der Waals surface area contributed by atoms with E-state index in [2.05, 4.69) is 60.0 Å². The van der Waals surface area contributed by atoms with Gasteiger partial charge < -0.3 is 14.6 Å². The molecule has 3 aromatic rings. The lowest BCUT2D eigenvalue weighted by atomic mass is 10.1. The molecular weight excluding hydrogens is 344 g/mol. The van der Waals surface area contributed by atoms with Crippen molar-refractivity contribution in [1.29, 1.82) is 0 Å². The summed E-state index contributed by atoms with van der Waals surface area (Å²) < 4.78 is 6.34. The molecule has 0 amide bonds. The van der Waals surface area contributed by atoms with E-state index in [1.54, 1.807) is 6.20 Å². The predicted octanol–water partition coefficient (Wildman–Crippen LogP) is 3.22. The molecule has 0 atom stereocenters. The Labute approximate surface area is 136 Å². The molecule has 0 spiro atoms. The molecule has 0 saturated carbocycles. The number of benzene rings is 1. The van der Waals surface area contributed by atoms with Gasteiger partial charge >= 0.3 is 0 Å². The molecule has 6 heteroatoms. The number of morpholine rings is 1. The zero-order valence-corrected chi connectivity index (χ0v) is 13.5. The molecule has 0 unspecified atom stereocenters. The summed E-state index contributed by atoms with van der Waals surface area (Å²) in [6.07, 6.45) is 1.77. The number of nitrogens with one attached hydrogen (secondary N) is 1. The third kappa shape index (κ3) is 2.60. The van der Waals surface area contributed by atoms with Gasteiger partial charge in [0.2, 0.25) is 0 Å². The second-order valence-electron chi connectivity index (χ2n) is 5.26. The molecule has 112 valence electrons. The summed E-state index contributed by atoms with van der Waals surface area (Å²) in [5.41, 5.74) is 3.93. The highest BCUT2D eigenvalue weighted by Crippen LogP contribution is 2.25. The van der Waals surface area contributed by atoms with Gasteiger partial charge in [0, 0.05) is 35.0 Å². The van der Waals surface area contributed by atoms with Crippen LogP contribution in [0.1, 0.15) is 0 Å². The van der Waals surface area contributed by atoms with Crippen LogP contribution in [0.25, 0.3) is 22.6 Å². The van der Waals surface area contributed by atoms with E-state index in [0.29, 0.717) is 0 Å². The molecule has 5 nitrogen and oxygen atoms in total. The summed E-state index contributed by atoms with van der Waals surface area (Å²) in [5.74, 6) is 0.843. The Morgan fingerprint density at radius 3 is 2.91 bits per heavy atom. The topological polar surface area (TPSA) is 54.0 Å². The number of aromatic nitrogens is 3. The first-order chi connectivity index (χ1) is 10.8. The maximum atomic E-state index is 5.41. The highest BCUT2D eigenvalue weighted by molar-refractivity contribution is 9.10.